The van der Waals surface area contributed by atoms with Crippen LogP contribution in [0, 0.1) is 12.7 Å². The van der Waals surface area contributed by atoms with Gasteiger partial charge in [0.2, 0.25) is 0 Å². The molecule has 0 spiro atoms. The number of halogens is 1. The predicted octanol–water partition coefficient (Wildman–Crippen LogP) is 4.12. The number of hydrogen-bond donors (Lipinski definition) is 0. The second kappa shape index (κ2) is 5.41. The first-order valence-electron chi connectivity index (χ1n) is 5.68. The Labute approximate surface area is 106 Å². The molecule has 0 amide bonds. The quantitative estimate of drug-likeness (QED) is 0.582. The summed E-state index contributed by atoms with van der Waals surface area (Å²) in [6.07, 6.45) is 4.62. The van der Waals surface area contributed by atoms with Gasteiger partial charge in [0.15, 0.2) is 0 Å². The van der Waals surface area contributed by atoms with E-state index in [4.69, 9.17) is 0 Å². The molecule has 2 heteroatoms. The van der Waals surface area contributed by atoms with Crippen LogP contribution in [0.2, 0.25) is 0 Å². The fourth-order valence-electron chi connectivity index (χ4n) is 1.70. The minimum absolute atomic E-state index is 0.199. The van der Waals surface area contributed by atoms with Gasteiger partial charge in [-0.15, -0.1) is 0 Å². The van der Waals surface area contributed by atoms with Gasteiger partial charge in [-0.1, -0.05) is 36.4 Å². The molecule has 0 fully saturated rings. The Hall–Kier alpha value is -2.22. The van der Waals surface area contributed by atoms with Gasteiger partial charge in [-0.2, -0.15) is 0 Å². The zero-order chi connectivity index (χ0) is 13.0. The van der Waals surface area contributed by atoms with E-state index in [0.717, 1.165) is 17.4 Å². The van der Waals surface area contributed by atoms with Gasteiger partial charge in [-0.05, 0) is 41.8 Å². The molecule has 2 aromatic carbocycles. The van der Waals surface area contributed by atoms with Crippen LogP contribution in [0.25, 0.3) is 12.2 Å². The number of benzene rings is 2. The summed E-state index contributed by atoms with van der Waals surface area (Å²) >= 11 is 0. The zero-order valence-electron chi connectivity index (χ0n) is 10.1. The fourth-order valence-corrected chi connectivity index (χ4v) is 1.70. The molecule has 0 saturated heterocycles. The van der Waals surface area contributed by atoms with Crippen LogP contribution >= 0.6 is 0 Å². The molecule has 0 N–H and O–H groups in total. The summed E-state index contributed by atoms with van der Waals surface area (Å²) in [5.74, 6) is -0.199. The zero-order valence-corrected chi connectivity index (χ0v) is 10.1. The van der Waals surface area contributed by atoms with Gasteiger partial charge in [-0.3, -0.25) is 4.79 Å². The first-order valence-corrected chi connectivity index (χ1v) is 5.68. The third kappa shape index (κ3) is 2.92. The lowest BCUT2D eigenvalue weighted by molar-refractivity contribution is 0.112. The van der Waals surface area contributed by atoms with Gasteiger partial charge in [-0.25, -0.2) is 4.39 Å². The smallest absolute Gasteiger partial charge is 0.150 e. The van der Waals surface area contributed by atoms with Gasteiger partial charge in [0.1, 0.15) is 12.1 Å². The lowest BCUT2D eigenvalue weighted by atomic mass is 10.1. The van der Waals surface area contributed by atoms with E-state index in [9.17, 15) is 9.18 Å². The van der Waals surface area contributed by atoms with Crippen molar-refractivity contribution in [2.75, 3.05) is 0 Å². The molecule has 0 aliphatic heterocycles. The second-order valence-corrected chi connectivity index (χ2v) is 4.13. The second-order valence-electron chi connectivity index (χ2n) is 4.13. The highest BCUT2D eigenvalue weighted by Gasteiger charge is 1.96. The average molecular weight is 240 g/mol. The summed E-state index contributed by atoms with van der Waals surface area (Å²) in [5, 5.41) is 0. The topological polar surface area (TPSA) is 17.1 Å². The Kier molecular flexibility index (Phi) is 3.68. The molecular weight excluding hydrogens is 227 g/mol. The van der Waals surface area contributed by atoms with Crippen LogP contribution in [0.4, 0.5) is 4.39 Å². The van der Waals surface area contributed by atoms with Crippen LogP contribution in [0.1, 0.15) is 27.0 Å². The number of aldehydes is 1. The number of carbonyl (C=O) groups excluding carboxylic acids is 1. The van der Waals surface area contributed by atoms with Crippen molar-refractivity contribution in [3.63, 3.8) is 0 Å². The third-order valence-electron chi connectivity index (χ3n) is 2.70. The Balaban J connectivity index is 2.24. The molecule has 0 unspecified atom stereocenters. The highest BCUT2D eigenvalue weighted by atomic mass is 19.1. The van der Waals surface area contributed by atoms with E-state index in [1.807, 2.05) is 24.3 Å². The summed E-state index contributed by atoms with van der Waals surface area (Å²) in [6.45, 7) is 1.74. The summed E-state index contributed by atoms with van der Waals surface area (Å²) in [6, 6.07) is 12.3. The number of carbonyl (C=O) groups is 1. The van der Waals surface area contributed by atoms with Crippen LogP contribution in [-0.2, 0) is 0 Å². The average Bonchev–Trinajstić information content (AvgIpc) is 2.40. The van der Waals surface area contributed by atoms with E-state index in [-0.39, 0.29) is 5.82 Å². The maximum absolute atomic E-state index is 13.1. The van der Waals surface area contributed by atoms with Crippen molar-refractivity contribution >= 4 is 18.4 Å². The standard InChI is InChI=1S/C16H13FO/c1-12-9-14(7-8-16(12)17)6-5-13-3-2-4-15(10-13)11-18/h2-11H,1H3/b6-5+. The molecule has 0 saturated carbocycles. The van der Waals surface area contributed by atoms with Crippen LogP contribution in [-0.4, -0.2) is 6.29 Å². The van der Waals surface area contributed by atoms with Crippen molar-refractivity contribution in [2.45, 2.75) is 6.92 Å². The minimum atomic E-state index is -0.199. The van der Waals surface area contributed by atoms with Crippen LogP contribution in [0.3, 0.4) is 0 Å². The van der Waals surface area contributed by atoms with E-state index >= 15 is 0 Å². The van der Waals surface area contributed by atoms with Crippen molar-refractivity contribution in [3.05, 3.63) is 70.5 Å². The lowest BCUT2D eigenvalue weighted by Crippen LogP contribution is -1.83. The molecular formula is C16H13FO. The number of hydrogen-bond acceptors (Lipinski definition) is 1. The van der Waals surface area contributed by atoms with Gasteiger partial charge < -0.3 is 0 Å². The molecule has 0 aliphatic carbocycles. The molecule has 18 heavy (non-hydrogen) atoms. The molecule has 0 aliphatic rings. The molecule has 0 heterocycles. The largest absolute Gasteiger partial charge is 0.298 e. The van der Waals surface area contributed by atoms with Crippen LogP contribution in [0.15, 0.2) is 42.5 Å². The molecule has 0 aromatic heterocycles. The minimum Gasteiger partial charge on any atom is -0.298 e. The van der Waals surface area contributed by atoms with Crippen LogP contribution < -0.4 is 0 Å². The monoisotopic (exact) mass is 240 g/mol. The molecule has 2 aromatic rings. The van der Waals surface area contributed by atoms with Crippen molar-refractivity contribution in [1.82, 2.24) is 0 Å². The molecule has 1 nitrogen and oxygen atoms in total. The van der Waals surface area contributed by atoms with Gasteiger partial charge >= 0.3 is 0 Å². The van der Waals surface area contributed by atoms with Gasteiger partial charge in [0.05, 0.1) is 0 Å². The highest BCUT2D eigenvalue weighted by Crippen LogP contribution is 2.13. The van der Waals surface area contributed by atoms with Crippen molar-refractivity contribution in [1.29, 1.82) is 0 Å². The van der Waals surface area contributed by atoms with Gasteiger partial charge in [0, 0.05) is 5.56 Å². The number of rotatable bonds is 3. The normalized spacial score (nSPS) is 10.8. The van der Waals surface area contributed by atoms with Crippen molar-refractivity contribution < 1.29 is 9.18 Å². The summed E-state index contributed by atoms with van der Waals surface area (Å²) < 4.78 is 13.1. The van der Waals surface area contributed by atoms with E-state index in [0.29, 0.717) is 11.1 Å². The first-order chi connectivity index (χ1) is 8.69. The highest BCUT2D eigenvalue weighted by molar-refractivity contribution is 5.78. The third-order valence-corrected chi connectivity index (χ3v) is 2.70. The van der Waals surface area contributed by atoms with E-state index in [2.05, 4.69) is 0 Å². The maximum Gasteiger partial charge on any atom is 0.150 e. The summed E-state index contributed by atoms with van der Waals surface area (Å²) in [5.41, 5.74) is 3.15. The summed E-state index contributed by atoms with van der Waals surface area (Å²) in [4.78, 5) is 10.6. The fraction of sp³-hybridized carbons (Fsp3) is 0.0625. The number of aryl methyl sites for hydroxylation is 1. The van der Waals surface area contributed by atoms with Crippen molar-refractivity contribution in [2.24, 2.45) is 0 Å². The lowest BCUT2D eigenvalue weighted by Gasteiger charge is -1.99. The van der Waals surface area contributed by atoms with Crippen LogP contribution in [0.5, 0.6) is 0 Å². The Morgan fingerprint density at radius 3 is 2.28 bits per heavy atom. The van der Waals surface area contributed by atoms with E-state index in [1.165, 1.54) is 6.07 Å². The van der Waals surface area contributed by atoms with Crippen molar-refractivity contribution in [3.8, 4) is 0 Å². The summed E-state index contributed by atoms with van der Waals surface area (Å²) in [7, 11) is 0. The Morgan fingerprint density at radius 1 is 0.944 bits per heavy atom. The molecule has 0 atom stereocenters. The first kappa shape index (κ1) is 12.2. The van der Waals surface area contributed by atoms with E-state index in [1.54, 1.807) is 31.2 Å². The van der Waals surface area contributed by atoms with Gasteiger partial charge in [0.25, 0.3) is 0 Å². The van der Waals surface area contributed by atoms with E-state index < -0.39 is 0 Å². The molecule has 0 bridgehead atoms. The Bertz CT molecular complexity index is 600. The predicted molar refractivity (Wildman–Crippen MR) is 71.9 cm³/mol. The molecule has 90 valence electrons. The molecule has 0 radical (unpaired) electrons. The molecule has 2 rings (SSSR count). The maximum atomic E-state index is 13.1. The Morgan fingerprint density at radius 2 is 1.61 bits per heavy atom. The SMILES string of the molecule is Cc1cc(/C=C/c2cccc(C=O)c2)ccc1F.